The number of rotatable bonds is 2. The Morgan fingerprint density at radius 2 is 1.29 bits per heavy atom. The van der Waals surface area contributed by atoms with Gasteiger partial charge >= 0.3 is 11.9 Å². The third kappa shape index (κ3) is 4.76. The highest BCUT2D eigenvalue weighted by Crippen LogP contribution is 2.15. The molecular formula is C17H18O4. The second kappa shape index (κ2) is 7.24. The molecule has 0 heterocycles. The first-order valence-corrected chi connectivity index (χ1v) is 6.42. The molecule has 4 nitrogen and oxygen atoms in total. The molecule has 0 saturated carbocycles. The van der Waals surface area contributed by atoms with Gasteiger partial charge in [0.25, 0.3) is 0 Å². The fraction of sp³-hybridized carbons (Fsp3) is 0.176. The summed E-state index contributed by atoms with van der Waals surface area (Å²) < 4.78 is 0. The van der Waals surface area contributed by atoms with Gasteiger partial charge in [0.2, 0.25) is 0 Å². The van der Waals surface area contributed by atoms with Crippen LogP contribution in [0.2, 0.25) is 0 Å². The lowest BCUT2D eigenvalue weighted by Crippen LogP contribution is -2.03. The molecule has 0 aromatic heterocycles. The van der Waals surface area contributed by atoms with Gasteiger partial charge in [-0.3, -0.25) is 0 Å². The van der Waals surface area contributed by atoms with E-state index >= 15 is 0 Å². The Hall–Kier alpha value is -2.62. The van der Waals surface area contributed by atoms with Gasteiger partial charge in [-0.25, -0.2) is 9.59 Å². The molecule has 0 unspecified atom stereocenters. The van der Waals surface area contributed by atoms with E-state index in [1.165, 1.54) is 0 Å². The molecular weight excluding hydrogens is 268 g/mol. The predicted octanol–water partition coefficient (Wildman–Crippen LogP) is 3.69. The minimum absolute atomic E-state index is 0.331. The van der Waals surface area contributed by atoms with Crippen LogP contribution in [0.5, 0.6) is 0 Å². The molecule has 2 aromatic rings. The highest BCUT2D eigenvalue weighted by molar-refractivity contribution is 5.91. The summed E-state index contributed by atoms with van der Waals surface area (Å²) in [5, 5.41) is 17.2. The van der Waals surface area contributed by atoms with Crippen LogP contribution in [-0.4, -0.2) is 22.2 Å². The SMILES string of the molecule is Cc1cc(C)c(C(=O)O)c(C)c1.O=C(O)c1ccccc1. The van der Waals surface area contributed by atoms with Crippen LogP contribution in [-0.2, 0) is 0 Å². The van der Waals surface area contributed by atoms with Gasteiger partial charge in [-0.2, -0.15) is 0 Å². The van der Waals surface area contributed by atoms with Crippen molar-refractivity contribution in [3.05, 3.63) is 70.3 Å². The van der Waals surface area contributed by atoms with Crippen LogP contribution in [0.3, 0.4) is 0 Å². The fourth-order valence-electron chi connectivity index (χ4n) is 2.10. The molecule has 0 spiro atoms. The summed E-state index contributed by atoms with van der Waals surface area (Å²) in [6.45, 7) is 5.61. The summed E-state index contributed by atoms with van der Waals surface area (Å²) in [6, 6.07) is 12.1. The second-order valence-corrected chi connectivity index (χ2v) is 4.75. The minimum atomic E-state index is -0.879. The van der Waals surface area contributed by atoms with E-state index < -0.39 is 11.9 Å². The number of hydrogen-bond donors (Lipinski definition) is 2. The van der Waals surface area contributed by atoms with Crippen LogP contribution in [0.4, 0.5) is 0 Å². The molecule has 0 atom stereocenters. The van der Waals surface area contributed by atoms with Crippen molar-refractivity contribution < 1.29 is 19.8 Å². The molecule has 110 valence electrons. The molecule has 0 amide bonds. The van der Waals surface area contributed by atoms with Gasteiger partial charge in [0.05, 0.1) is 11.1 Å². The van der Waals surface area contributed by atoms with Crippen molar-refractivity contribution in [1.82, 2.24) is 0 Å². The fourth-order valence-corrected chi connectivity index (χ4v) is 2.10. The first-order valence-electron chi connectivity index (χ1n) is 6.42. The average molecular weight is 286 g/mol. The molecule has 0 radical (unpaired) electrons. The van der Waals surface area contributed by atoms with Gasteiger partial charge in [0.15, 0.2) is 0 Å². The highest BCUT2D eigenvalue weighted by Gasteiger charge is 2.09. The normalized spacial score (nSPS) is 9.48. The van der Waals surface area contributed by atoms with Gasteiger partial charge < -0.3 is 10.2 Å². The van der Waals surface area contributed by atoms with E-state index in [1.807, 2.05) is 32.9 Å². The summed E-state index contributed by atoms with van der Waals surface area (Å²) >= 11 is 0. The number of benzene rings is 2. The first kappa shape index (κ1) is 16.4. The van der Waals surface area contributed by atoms with Crippen molar-refractivity contribution in [2.24, 2.45) is 0 Å². The Morgan fingerprint density at radius 3 is 1.62 bits per heavy atom. The Kier molecular flexibility index (Phi) is 5.67. The van der Waals surface area contributed by atoms with Crippen LogP contribution in [0.25, 0.3) is 0 Å². The third-order valence-electron chi connectivity index (χ3n) is 2.91. The van der Waals surface area contributed by atoms with Crippen LogP contribution in [0.15, 0.2) is 42.5 Å². The molecule has 4 heteroatoms. The topological polar surface area (TPSA) is 74.6 Å². The number of carbonyl (C=O) groups is 2. The van der Waals surface area contributed by atoms with Gasteiger partial charge in [0, 0.05) is 0 Å². The molecule has 2 aromatic carbocycles. The zero-order valence-corrected chi connectivity index (χ0v) is 12.3. The smallest absolute Gasteiger partial charge is 0.336 e. The Balaban J connectivity index is 0.000000219. The molecule has 0 fully saturated rings. The number of hydrogen-bond acceptors (Lipinski definition) is 2. The van der Waals surface area contributed by atoms with E-state index in [-0.39, 0.29) is 0 Å². The number of aryl methyl sites for hydroxylation is 3. The molecule has 2 rings (SSSR count). The monoisotopic (exact) mass is 286 g/mol. The zero-order chi connectivity index (χ0) is 16.0. The minimum Gasteiger partial charge on any atom is -0.478 e. The predicted molar refractivity (Wildman–Crippen MR) is 81.0 cm³/mol. The lowest BCUT2D eigenvalue weighted by molar-refractivity contribution is 0.0685. The van der Waals surface area contributed by atoms with Crippen LogP contribution < -0.4 is 0 Å². The van der Waals surface area contributed by atoms with Crippen molar-refractivity contribution in [2.45, 2.75) is 20.8 Å². The average Bonchev–Trinajstić information content (AvgIpc) is 2.38. The van der Waals surface area contributed by atoms with Crippen LogP contribution in [0.1, 0.15) is 37.4 Å². The summed E-state index contributed by atoms with van der Waals surface area (Å²) in [6.07, 6.45) is 0. The van der Waals surface area contributed by atoms with E-state index in [9.17, 15) is 9.59 Å². The lowest BCUT2D eigenvalue weighted by atomic mass is 10.0. The van der Waals surface area contributed by atoms with Gasteiger partial charge in [-0.05, 0) is 44.0 Å². The van der Waals surface area contributed by atoms with Crippen molar-refractivity contribution in [3.8, 4) is 0 Å². The molecule has 0 saturated heterocycles. The summed E-state index contributed by atoms with van der Waals surface area (Å²) in [5.74, 6) is -1.72. The van der Waals surface area contributed by atoms with Crippen molar-refractivity contribution in [3.63, 3.8) is 0 Å². The molecule has 0 bridgehead atoms. The maximum Gasteiger partial charge on any atom is 0.336 e. The first-order chi connectivity index (χ1) is 9.82. The van der Waals surface area contributed by atoms with E-state index in [0.717, 1.165) is 16.7 Å². The molecule has 0 aliphatic carbocycles. The third-order valence-corrected chi connectivity index (χ3v) is 2.91. The van der Waals surface area contributed by atoms with E-state index in [4.69, 9.17) is 10.2 Å². The van der Waals surface area contributed by atoms with Crippen molar-refractivity contribution in [1.29, 1.82) is 0 Å². The quantitative estimate of drug-likeness (QED) is 0.882. The lowest BCUT2D eigenvalue weighted by Gasteiger charge is -2.05. The zero-order valence-electron chi connectivity index (χ0n) is 12.3. The van der Waals surface area contributed by atoms with Crippen LogP contribution >= 0.6 is 0 Å². The van der Waals surface area contributed by atoms with E-state index in [1.54, 1.807) is 30.3 Å². The number of carboxylic acid groups (broad SMARTS) is 2. The maximum absolute atomic E-state index is 10.8. The Morgan fingerprint density at radius 1 is 0.810 bits per heavy atom. The standard InChI is InChI=1S/C10H12O2.C7H6O2/c1-6-4-7(2)9(10(11)12)8(3)5-6;8-7(9)6-4-2-1-3-5-6/h4-5H,1-3H3,(H,11,12);1-5H,(H,8,9). The largest absolute Gasteiger partial charge is 0.478 e. The molecule has 21 heavy (non-hydrogen) atoms. The van der Waals surface area contributed by atoms with Gasteiger partial charge in [0.1, 0.15) is 0 Å². The second-order valence-electron chi connectivity index (χ2n) is 4.75. The van der Waals surface area contributed by atoms with Crippen LogP contribution in [0, 0.1) is 20.8 Å². The Labute approximate surface area is 123 Å². The van der Waals surface area contributed by atoms with Crippen molar-refractivity contribution in [2.75, 3.05) is 0 Å². The van der Waals surface area contributed by atoms with Crippen molar-refractivity contribution >= 4 is 11.9 Å². The highest BCUT2D eigenvalue weighted by atomic mass is 16.4. The summed E-state index contributed by atoms with van der Waals surface area (Å²) in [7, 11) is 0. The Bertz CT molecular complexity index is 622. The maximum atomic E-state index is 10.8. The summed E-state index contributed by atoms with van der Waals surface area (Å²) in [4.78, 5) is 21.0. The van der Waals surface area contributed by atoms with Gasteiger partial charge in [-0.1, -0.05) is 35.9 Å². The number of aromatic carboxylic acids is 2. The molecule has 0 aliphatic heterocycles. The summed E-state index contributed by atoms with van der Waals surface area (Å²) in [5.41, 5.74) is 3.54. The molecule has 0 aliphatic rings. The number of carboxylic acids is 2. The van der Waals surface area contributed by atoms with E-state index in [0.29, 0.717) is 11.1 Å². The molecule has 2 N–H and O–H groups in total. The van der Waals surface area contributed by atoms with E-state index in [2.05, 4.69) is 0 Å². The van der Waals surface area contributed by atoms with Gasteiger partial charge in [-0.15, -0.1) is 0 Å².